The number of nitrogens with zero attached hydrogens (tertiary/aromatic N) is 2. The molecule has 2 aliphatic rings. The van der Waals surface area contributed by atoms with Crippen LogP contribution in [0.1, 0.15) is 13.8 Å². The third kappa shape index (κ3) is 4.56. The Morgan fingerprint density at radius 1 is 1.14 bits per heavy atom. The van der Waals surface area contributed by atoms with Gasteiger partial charge in [0, 0.05) is 25.3 Å². The number of allylic oxidation sites excluding steroid dienone is 4. The molecule has 2 aliphatic heterocycles. The minimum atomic E-state index is -0.732. The van der Waals surface area contributed by atoms with Crippen LogP contribution in [0.15, 0.2) is 59.6 Å². The molecule has 2 rings (SSSR count). The summed E-state index contributed by atoms with van der Waals surface area (Å²) in [5.74, 6) is -2.04. The van der Waals surface area contributed by atoms with Crippen molar-refractivity contribution in [1.82, 2.24) is 10.5 Å². The molecule has 9 nitrogen and oxygen atoms in total. The highest BCUT2D eigenvalue weighted by Gasteiger charge is 2.35. The molecule has 1 N–H and O–H groups in total. The molecule has 0 unspecified atom stereocenters. The van der Waals surface area contributed by atoms with Crippen LogP contribution in [0.4, 0.5) is 0 Å². The average molecular weight is 388 g/mol. The van der Waals surface area contributed by atoms with Crippen molar-refractivity contribution in [1.29, 1.82) is 0 Å². The van der Waals surface area contributed by atoms with Gasteiger partial charge in [0.05, 0.1) is 26.4 Å². The molecule has 0 spiro atoms. The summed E-state index contributed by atoms with van der Waals surface area (Å²) in [6.45, 7) is 3.63. The molecule has 0 saturated heterocycles. The van der Waals surface area contributed by atoms with Crippen LogP contribution in [0.3, 0.4) is 0 Å². The molecule has 0 bridgehead atoms. The lowest BCUT2D eigenvalue weighted by molar-refractivity contribution is -0.549. The zero-order valence-corrected chi connectivity index (χ0v) is 16.1. The van der Waals surface area contributed by atoms with Crippen LogP contribution in [0.2, 0.25) is 0 Å². The molecule has 2 heterocycles. The number of hydrogen-bond donors (Lipinski definition) is 1. The summed E-state index contributed by atoms with van der Waals surface area (Å²) in [6, 6.07) is 0. The predicted molar refractivity (Wildman–Crippen MR) is 99.1 cm³/mol. The number of rotatable bonds is 6. The molecule has 148 valence electrons. The Morgan fingerprint density at radius 2 is 1.89 bits per heavy atom. The van der Waals surface area contributed by atoms with Crippen LogP contribution in [-0.2, 0) is 28.6 Å². The van der Waals surface area contributed by atoms with Gasteiger partial charge in [0.1, 0.15) is 5.70 Å². The number of hydrazine groups is 2. The molecule has 0 fully saturated rings. The fraction of sp³-hybridized carbons (Fsp3) is 0.263. The molecule has 28 heavy (non-hydrogen) atoms. The highest BCUT2D eigenvalue weighted by Crippen LogP contribution is 2.21. The van der Waals surface area contributed by atoms with Gasteiger partial charge in [-0.25, -0.2) is 19.4 Å². The second kappa shape index (κ2) is 9.36. The van der Waals surface area contributed by atoms with E-state index in [1.54, 1.807) is 25.1 Å². The largest absolute Gasteiger partial charge is 0.466 e. The van der Waals surface area contributed by atoms with Crippen molar-refractivity contribution < 1.29 is 33.3 Å². The fourth-order valence-corrected chi connectivity index (χ4v) is 2.44. The van der Waals surface area contributed by atoms with Gasteiger partial charge >= 0.3 is 23.6 Å². The maximum absolute atomic E-state index is 12.6. The molecular weight excluding hydrogens is 366 g/mol. The zero-order valence-electron chi connectivity index (χ0n) is 16.1. The zero-order chi connectivity index (χ0) is 20.7. The minimum absolute atomic E-state index is 0.0356. The summed E-state index contributed by atoms with van der Waals surface area (Å²) < 4.78 is 15.9. The third-order valence-corrected chi connectivity index (χ3v) is 3.81. The standard InChI is InChI=1S/C19H21N3O6/c1-5-28-19(25)16(12-14(18(24)27-4)9-10-17(23)26-3)22-13(2)15-8-6-7-11-21(15)20-22/h6-12H,5H2,1-4H3/p+1. The van der Waals surface area contributed by atoms with Gasteiger partial charge < -0.3 is 14.2 Å². The van der Waals surface area contributed by atoms with Crippen molar-refractivity contribution in [3.63, 3.8) is 0 Å². The van der Waals surface area contributed by atoms with E-state index in [0.29, 0.717) is 5.70 Å². The number of methoxy groups -OCH3 is 2. The van der Waals surface area contributed by atoms with E-state index in [0.717, 1.165) is 11.8 Å². The molecule has 0 amide bonds. The van der Waals surface area contributed by atoms with E-state index < -0.39 is 17.9 Å². The van der Waals surface area contributed by atoms with E-state index in [9.17, 15) is 14.4 Å². The Balaban J connectivity index is 2.59. The Bertz CT molecular complexity index is 861. The number of hydrogen-bond acceptors (Lipinski definition) is 8. The van der Waals surface area contributed by atoms with Crippen LogP contribution in [0, 0.1) is 0 Å². The number of carbonyl (C=O) groups is 3. The quantitative estimate of drug-likeness (QED) is 0.236. The van der Waals surface area contributed by atoms with E-state index >= 15 is 0 Å². The van der Waals surface area contributed by atoms with Crippen LogP contribution in [0.25, 0.3) is 0 Å². The first-order valence-corrected chi connectivity index (χ1v) is 8.44. The van der Waals surface area contributed by atoms with Gasteiger partial charge in [0.2, 0.25) is 5.70 Å². The molecule has 0 radical (unpaired) electrons. The molecule has 0 saturated carbocycles. The third-order valence-electron chi connectivity index (χ3n) is 3.81. The van der Waals surface area contributed by atoms with Crippen LogP contribution < -0.4 is 5.53 Å². The Labute approximate surface area is 162 Å². The summed E-state index contributed by atoms with van der Waals surface area (Å²) in [5, 5.41) is 1.71. The van der Waals surface area contributed by atoms with Crippen molar-refractivity contribution >= 4 is 23.6 Å². The lowest BCUT2D eigenvalue weighted by atomic mass is 10.1. The fourth-order valence-electron chi connectivity index (χ4n) is 2.44. The maximum Gasteiger partial charge on any atom is 0.406 e. The monoisotopic (exact) mass is 388 g/mol. The van der Waals surface area contributed by atoms with E-state index in [1.165, 1.54) is 31.1 Å². The lowest BCUT2D eigenvalue weighted by Crippen LogP contribution is -2.38. The number of carbonyl (C=O) groups excluding carboxylic acids is 3. The van der Waals surface area contributed by atoms with Gasteiger partial charge in [-0.2, -0.15) is 0 Å². The molecule has 0 aromatic rings. The minimum Gasteiger partial charge on any atom is -0.466 e. The van der Waals surface area contributed by atoms with Gasteiger partial charge in [-0.15, -0.1) is 0 Å². The number of ether oxygens (including phenoxy) is 3. The second-order valence-electron chi connectivity index (χ2n) is 5.53. The smallest absolute Gasteiger partial charge is 0.406 e. The summed E-state index contributed by atoms with van der Waals surface area (Å²) in [7, 11) is 2.41. The SMILES string of the molecule is CCOC(=O)C(C=C(/C=C/C(=O)OC)C(=O)OC)=[N+]1NN2C=CC=CC2=C1C. The average Bonchev–Trinajstić information content (AvgIpc) is 3.04. The normalized spacial score (nSPS) is 17.4. The lowest BCUT2D eigenvalue weighted by Gasteiger charge is -2.12. The van der Waals surface area contributed by atoms with Crippen LogP contribution in [0.5, 0.6) is 0 Å². The van der Waals surface area contributed by atoms with E-state index in [2.05, 4.69) is 10.3 Å². The predicted octanol–water partition coefficient (Wildman–Crippen LogP) is 0.882. The molecule has 0 aromatic carbocycles. The summed E-state index contributed by atoms with van der Waals surface area (Å²) in [5.41, 5.74) is 4.56. The molecule has 0 aromatic heterocycles. The van der Waals surface area contributed by atoms with E-state index in [4.69, 9.17) is 9.47 Å². The first-order chi connectivity index (χ1) is 13.4. The molecule has 0 aliphatic carbocycles. The Morgan fingerprint density at radius 3 is 2.50 bits per heavy atom. The Kier molecular flexibility index (Phi) is 6.91. The molecule has 0 atom stereocenters. The second-order valence-corrected chi connectivity index (χ2v) is 5.53. The van der Waals surface area contributed by atoms with Gasteiger partial charge in [0.25, 0.3) is 0 Å². The maximum atomic E-state index is 12.6. The number of hydrazone groups is 1. The van der Waals surface area contributed by atoms with Crippen molar-refractivity contribution in [3.05, 3.63) is 59.6 Å². The Hall–Kier alpha value is -3.62. The first-order valence-electron chi connectivity index (χ1n) is 8.44. The highest BCUT2D eigenvalue weighted by molar-refractivity contribution is 6.39. The van der Waals surface area contributed by atoms with Crippen molar-refractivity contribution in [2.24, 2.45) is 0 Å². The molecular formula is C19H22N3O6+. The highest BCUT2D eigenvalue weighted by atomic mass is 16.5. The topological polar surface area (TPSA) is 97.2 Å². The van der Waals surface area contributed by atoms with Gasteiger partial charge in [-0.05, 0) is 25.2 Å². The summed E-state index contributed by atoms with van der Waals surface area (Å²) >= 11 is 0. The number of nitrogens with one attached hydrogen (secondary N) is 1. The van der Waals surface area contributed by atoms with E-state index in [1.807, 2.05) is 18.2 Å². The number of esters is 3. The molecule has 9 heteroatoms. The van der Waals surface area contributed by atoms with Gasteiger partial charge in [-0.3, -0.25) is 0 Å². The van der Waals surface area contributed by atoms with Crippen molar-refractivity contribution in [2.75, 3.05) is 20.8 Å². The number of fused-ring (bicyclic) bond motifs is 1. The summed E-state index contributed by atoms with van der Waals surface area (Å²) in [4.78, 5) is 36.1. The first kappa shape index (κ1) is 20.7. The van der Waals surface area contributed by atoms with Crippen LogP contribution >= 0.6 is 0 Å². The van der Waals surface area contributed by atoms with Crippen molar-refractivity contribution in [3.8, 4) is 0 Å². The van der Waals surface area contributed by atoms with Gasteiger partial charge in [-0.1, -0.05) is 16.3 Å². The van der Waals surface area contributed by atoms with Crippen molar-refractivity contribution in [2.45, 2.75) is 13.8 Å². The summed E-state index contributed by atoms with van der Waals surface area (Å²) in [6.07, 6.45) is 10.9. The van der Waals surface area contributed by atoms with Crippen LogP contribution in [-0.4, -0.2) is 54.1 Å². The van der Waals surface area contributed by atoms with Gasteiger partial charge in [0.15, 0.2) is 0 Å². The van der Waals surface area contributed by atoms with E-state index in [-0.39, 0.29) is 17.9 Å².